The number of nitrogens with one attached hydrogen (secondary N) is 1. The van der Waals surface area contributed by atoms with Gasteiger partial charge in [0.15, 0.2) is 0 Å². The van der Waals surface area contributed by atoms with E-state index in [2.05, 4.69) is 29.0 Å². The van der Waals surface area contributed by atoms with Crippen LogP contribution in [0.1, 0.15) is 17.9 Å². The van der Waals surface area contributed by atoms with Crippen LogP contribution in [0.5, 0.6) is 0 Å². The van der Waals surface area contributed by atoms with E-state index in [1.54, 1.807) is 0 Å². The van der Waals surface area contributed by atoms with E-state index in [1.165, 1.54) is 0 Å². The lowest BCUT2D eigenvalue weighted by Gasteiger charge is -1.96. The molecule has 0 radical (unpaired) electrons. The lowest BCUT2D eigenvalue weighted by atomic mass is 10.1. The van der Waals surface area contributed by atoms with Crippen LogP contribution in [0.25, 0.3) is 11.3 Å². The third kappa shape index (κ3) is 2.31. The maximum Gasteiger partial charge on any atom is 0.107 e. The van der Waals surface area contributed by atoms with Gasteiger partial charge in [-0.3, -0.25) is 0 Å². The Hall–Kier alpha value is -1.61. The van der Waals surface area contributed by atoms with E-state index in [0.29, 0.717) is 6.54 Å². The molecule has 2 rings (SSSR count). The molecule has 1 heterocycles. The Morgan fingerprint density at radius 1 is 1.25 bits per heavy atom. The average molecular weight is 215 g/mol. The number of hydrogen-bond donors (Lipinski definition) is 2. The predicted molar refractivity (Wildman–Crippen MR) is 66.1 cm³/mol. The first kappa shape index (κ1) is 10.9. The summed E-state index contributed by atoms with van der Waals surface area (Å²) in [5, 5.41) is 0. The van der Waals surface area contributed by atoms with Gasteiger partial charge in [-0.1, -0.05) is 30.3 Å². The van der Waals surface area contributed by atoms with Crippen molar-refractivity contribution in [2.45, 2.75) is 19.8 Å². The molecule has 0 saturated heterocycles. The highest BCUT2D eigenvalue weighted by Crippen LogP contribution is 2.20. The zero-order chi connectivity index (χ0) is 11.4. The van der Waals surface area contributed by atoms with E-state index in [1.807, 2.05) is 18.2 Å². The van der Waals surface area contributed by atoms with Crippen LogP contribution in [-0.2, 0) is 6.42 Å². The van der Waals surface area contributed by atoms with E-state index in [9.17, 15) is 0 Å². The molecule has 0 unspecified atom stereocenters. The fraction of sp³-hybridized carbons (Fsp3) is 0.308. The van der Waals surface area contributed by atoms with Gasteiger partial charge >= 0.3 is 0 Å². The highest BCUT2D eigenvalue weighted by atomic mass is 14.9. The first-order valence-corrected chi connectivity index (χ1v) is 5.62. The van der Waals surface area contributed by atoms with Gasteiger partial charge in [-0.15, -0.1) is 0 Å². The molecule has 0 atom stereocenters. The minimum absolute atomic E-state index is 0.709. The van der Waals surface area contributed by atoms with E-state index >= 15 is 0 Å². The molecule has 84 valence electrons. The molecular formula is C13H17N3. The first-order valence-electron chi connectivity index (χ1n) is 5.62. The molecule has 0 spiro atoms. The second-order valence-corrected chi connectivity index (χ2v) is 3.92. The second-order valence-electron chi connectivity index (χ2n) is 3.92. The van der Waals surface area contributed by atoms with Crippen molar-refractivity contribution in [3.63, 3.8) is 0 Å². The van der Waals surface area contributed by atoms with Crippen LogP contribution in [-0.4, -0.2) is 16.5 Å². The molecule has 0 amide bonds. The summed E-state index contributed by atoms with van der Waals surface area (Å²) in [5.41, 5.74) is 8.83. The van der Waals surface area contributed by atoms with Crippen LogP contribution < -0.4 is 5.73 Å². The van der Waals surface area contributed by atoms with Crippen LogP contribution in [0.15, 0.2) is 30.3 Å². The fourth-order valence-electron chi connectivity index (χ4n) is 1.79. The van der Waals surface area contributed by atoms with Crippen LogP contribution >= 0.6 is 0 Å². The lowest BCUT2D eigenvalue weighted by molar-refractivity contribution is 0.792. The Labute approximate surface area is 95.7 Å². The Morgan fingerprint density at radius 2 is 2.00 bits per heavy atom. The Bertz CT molecular complexity index is 445. The number of nitrogens with zero attached hydrogens (tertiary/aromatic N) is 1. The van der Waals surface area contributed by atoms with Crippen LogP contribution in [0, 0.1) is 6.92 Å². The minimum Gasteiger partial charge on any atom is -0.346 e. The maximum absolute atomic E-state index is 5.49. The highest BCUT2D eigenvalue weighted by Gasteiger charge is 2.07. The number of benzene rings is 1. The van der Waals surface area contributed by atoms with Crippen molar-refractivity contribution < 1.29 is 0 Å². The number of aromatic nitrogens is 2. The molecule has 0 aliphatic carbocycles. The summed E-state index contributed by atoms with van der Waals surface area (Å²) in [5.74, 6) is 1.03. The second kappa shape index (κ2) is 4.94. The lowest BCUT2D eigenvalue weighted by Crippen LogP contribution is -2.01. The van der Waals surface area contributed by atoms with Crippen LogP contribution in [0.4, 0.5) is 0 Å². The van der Waals surface area contributed by atoms with Gasteiger partial charge < -0.3 is 10.7 Å². The third-order valence-electron chi connectivity index (χ3n) is 2.60. The largest absolute Gasteiger partial charge is 0.346 e. The molecule has 0 aliphatic heterocycles. The molecule has 3 nitrogen and oxygen atoms in total. The van der Waals surface area contributed by atoms with Crippen molar-refractivity contribution in [3.8, 4) is 11.3 Å². The zero-order valence-electron chi connectivity index (χ0n) is 9.53. The van der Waals surface area contributed by atoms with Crippen LogP contribution in [0.3, 0.4) is 0 Å². The normalized spacial score (nSPS) is 10.6. The van der Waals surface area contributed by atoms with Crippen molar-refractivity contribution in [2.24, 2.45) is 5.73 Å². The average Bonchev–Trinajstić information content (AvgIpc) is 2.69. The molecule has 0 aliphatic rings. The summed E-state index contributed by atoms with van der Waals surface area (Å²) in [7, 11) is 0. The molecule has 0 fully saturated rings. The van der Waals surface area contributed by atoms with Crippen molar-refractivity contribution in [2.75, 3.05) is 6.54 Å². The van der Waals surface area contributed by atoms with Gasteiger partial charge in [0.2, 0.25) is 0 Å². The molecular weight excluding hydrogens is 198 g/mol. The first-order chi connectivity index (χ1) is 7.81. The van der Waals surface area contributed by atoms with E-state index in [4.69, 9.17) is 5.73 Å². The quantitative estimate of drug-likeness (QED) is 0.822. The SMILES string of the molecule is Cc1[nH]c(CCCN)nc1-c1ccccc1. The van der Waals surface area contributed by atoms with Crippen molar-refractivity contribution in [1.82, 2.24) is 9.97 Å². The number of nitrogens with two attached hydrogens (primary N) is 1. The fourth-order valence-corrected chi connectivity index (χ4v) is 1.79. The summed E-state index contributed by atoms with van der Waals surface area (Å²) in [6.45, 7) is 2.77. The monoisotopic (exact) mass is 215 g/mol. The van der Waals surface area contributed by atoms with Crippen molar-refractivity contribution in [3.05, 3.63) is 41.9 Å². The molecule has 1 aromatic heterocycles. The Balaban J connectivity index is 2.25. The summed E-state index contributed by atoms with van der Waals surface area (Å²) >= 11 is 0. The van der Waals surface area contributed by atoms with Gasteiger partial charge in [0.1, 0.15) is 5.82 Å². The Morgan fingerprint density at radius 3 is 2.69 bits per heavy atom. The highest BCUT2D eigenvalue weighted by molar-refractivity contribution is 5.61. The van der Waals surface area contributed by atoms with E-state index < -0.39 is 0 Å². The number of rotatable bonds is 4. The predicted octanol–water partition coefficient (Wildman–Crippen LogP) is 2.28. The number of H-pyrrole nitrogens is 1. The van der Waals surface area contributed by atoms with E-state index in [-0.39, 0.29) is 0 Å². The molecule has 2 aromatic rings. The van der Waals surface area contributed by atoms with Gasteiger partial charge in [0, 0.05) is 17.7 Å². The van der Waals surface area contributed by atoms with Gasteiger partial charge in [-0.25, -0.2) is 4.98 Å². The molecule has 16 heavy (non-hydrogen) atoms. The zero-order valence-corrected chi connectivity index (χ0v) is 9.53. The summed E-state index contributed by atoms with van der Waals surface area (Å²) in [6.07, 6.45) is 1.89. The van der Waals surface area contributed by atoms with Gasteiger partial charge in [0.25, 0.3) is 0 Å². The molecule has 3 heteroatoms. The molecule has 0 saturated carbocycles. The summed E-state index contributed by atoms with van der Waals surface area (Å²) in [6, 6.07) is 10.2. The van der Waals surface area contributed by atoms with Gasteiger partial charge in [-0.05, 0) is 19.9 Å². The minimum atomic E-state index is 0.709. The molecule has 1 aromatic carbocycles. The molecule has 0 bridgehead atoms. The van der Waals surface area contributed by atoms with Crippen molar-refractivity contribution >= 4 is 0 Å². The third-order valence-corrected chi connectivity index (χ3v) is 2.60. The number of imidazole rings is 1. The van der Waals surface area contributed by atoms with Crippen molar-refractivity contribution in [1.29, 1.82) is 0 Å². The van der Waals surface area contributed by atoms with Gasteiger partial charge in [-0.2, -0.15) is 0 Å². The summed E-state index contributed by atoms with van der Waals surface area (Å²) < 4.78 is 0. The topological polar surface area (TPSA) is 54.7 Å². The maximum atomic E-state index is 5.49. The van der Waals surface area contributed by atoms with Crippen LogP contribution in [0.2, 0.25) is 0 Å². The number of hydrogen-bond acceptors (Lipinski definition) is 2. The van der Waals surface area contributed by atoms with Gasteiger partial charge in [0.05, 0.1) is 5.69 Å². The Kier molecular flexibility index (Phi) is 3.37. The number of aryl methyl sites for hydroxylation is 2. The summed E-state index contributed by atoms with van der Waals surface area (Å²) in [4.78, 5) is 7.92. The molecule has 3 N–H and O–H groups in total. The van der Waals surface area contributed by atoms with E-state index in [0.717, 1.165) is 35.6 Å². The standard InChI is InChI=1S/C13H17N3/c1-10-13(11-6-3-2-4-7-11)16-12(15-10)8-5-9-14/h2-4,6-7H,5,8-9,14H2,1H3,(H,15,16). The smallest absolute Gasteiger partial charge is 0.107 e. The number of aromatic amines is 1.